The number of rotatable bonds is 3. The van der Waals surface area contributed by atoms with Crippen LogP contribution in [0.25, 0.3) is 0 Å². The maximum absolute atomic E-state index is 11.8. The SMILES string of the molecule is CC(=O)N1CC(CCc2ccccc2)c2cc(C)ccc21. The van der Waals surface area contributed by atoms with Crippen LogP contribution in [0.1, 0.15) is 36.0 Å². The summed E-state index contributed by atoms with van der Waals surface area (Å²) < 4.78 is 0. The summed E-state index contributed by atoms with van der Waals surface area (Å²) >= 11 is 0. The molecule has 3 rings (SSSR count). The van der Waals surface area contributed by atoms with E-state index in [1.54, 1.807) is 6.92 Å². The van der Waals surface area contributed by atoms with Crippen LogP contribution in [0.2, 0.25) is 0 Å². The Bertz CT molecular complexity index is 648. The van der Waals surface area contributed by atoms with E-state index in [0.717, 1.165) is 25.1 Å². The molecular formula is C19H21NO. The van der Waals surface area contributed by atoms with Crippen LogP contribution in [-0.4, -0.2) is 12.5 Å². The molecule has 1 heterocycles. The molecule has 0 radical (unpaired) electrons. The van der Waals surface area contributed by atoms with E-state index in [0.29, 0.717) is 5.92 Å². The minimum Gasteiger partial charge on any atom is -0.312 e. The number of carbonyl (C=O) groups is 1. The van der Waals surface area contributed by atoms with Crippen molar-refractivity contribution in [3.8, 4) is 0 Å². The van der Waals surface area contributed by atoms with Gasteiger partial charge in [-0.05, 0) is 37.0 Å². The largest absolute Gasteiger partial charge is 0.312 e. The van der Waals surface area contributed by atoms with Gasteiger partial charge >= 0.3 is 0 Å². The third kappa shape index (κ3) is 2.85. The van der Waals surface area contributed by atoms with E-state index in [-0.39, 0.29) is 5.91 Å². The summed E-state index contributed by atoms with van der Waals surface area (Å²) in [4.78, 5) is 13.8. The molecule has 1 atom stereocenters. The molecule has 1 amide bonds. The van der Waals surface area contributed by atoms with Gasteiger partial charge in [-0.2, -0.15) is 0 Å². The number of benzene rings is 2. The molecule has 0 spiro atoms. The lowest BCUT2D eigenvalue weighted by Gasteiger charge is -2.15. The first-order valence-corrected chi connectivity index (χ1v) is 7.58. The summed E-state index contributed by atoms with van der Waals surface area (Å²) in [5, 5.41) is 0. The maximum atomic E-state index is 11.8. The molecule has 1 unspecified atom stereocenters. The van der Waals surface area contributed by atoms with Gasteiger partial charge in [0.05, 0.1) is 0 Å². The van der Waals surface area contributed by atoms with E-state index in [4.69, 9.17) is 0 Å². The quantitative estimate of drug-likeness (QED) is 0.829. The van der Waals surface area contributed by atoms with Gasteiger partial charge < -0.3 is 4.90 Å². The second-order valence-electron chi connectivity index (χ2n) is 5.91. The summed E-state index contributed by atoms with van der Waals surface area (Å²) in [6.45, 7) is 4.59. The number of fused-ring (bicyclic) bond motifs is 1. The average Bonchev–Trinajstić information content (AvgIpc) is 2.84. The molecule has 2 heteroatoms. The number of aryl methyl sites for hydroxylation is 2. The molecule has 0 aliphatic carbocycles. The van der Waals surface area contributed by atoms with E-state index < -0.39 is 0 Å². The molecule has 0 bridgehead atoms. The van der Waals surface area contributed by atoms with Gasteiger partial charge in [-0.1, -0.05) is 48.0 Å². The predicted octanol–water partition coefficient (Wildman–Crippen LogP) is 4.08. The topological polar surface area (TPSA) is 20.3 Å². The second kappa shape index (κ2) is 5.72. The fourth-order valence-electron chi connectivity index (χ4n) is 3.19. The molecule has 1 aliphatic rings. The van der Waals surface area contributed by atoms with Crippen molar-refractivity contribution in [2.75, 3.05) is 11.4 Å². The molecule has 2 aromatic carbocycles. The standard InChI is InChI=1S/C19H21NO/c1-14-8-11-19-18(12-14)17(13-20(19)15(2)21)10-9-16-6-4-3-5-7-16/h3-8,11-12,17H,9-10,13H2,1-2H3. The summed E-state index contributed by atoms with van der Waals surface area (Å²) in [5.41, 5.74) is 5.07. The average molecular weight is 279 g/mol. The van der Waals surface area contributed by atoms with Gasteiger partial charge in [0.15, 0.2) is 0 Å². The zero-order valence-corrected chi connectivity index (χ0v) is 12.7. The number of carbonyl (C=O) groups excluding carboxylic acids is 1. The van der Waals surface area contributed by atoms with Crippen LogP contribution in [0.15, 0.2) is 48.5 Å². The monoisotopic (exact) mass is 279 g/mol. The molecule has 0 saturated carbocycles. The van der Waals surface area contributed by atoms with Gasteiger partial charge in [0, 0.05) is 25.1 Å². The number of hydrogen-bond acceptors (Lipinski definition) is 1. The molecule has 0 fully saturated rings. The maximum Gasteiger partial charge on any atom is 0.223 e. The Morgan fingerprint density at radius 1 is 1.19 bits per heavy atom. The number of amides is 1. The highest BCUT2D eigenvalue weighted by molar-refractivity contribution is 5.94. The fraction of sp³-hybridized carbons (Fsp3) is 0.316. The first-order valence-electron chi connectivity index (χ1n) is 7.58. The van der Waals surface area contributed by atoms with Crippen molar-refractivity contribution in [2.45, 2.75) is 32.6 Å². The summed E-state index contributed by atoms with van der Waals surface area (Å²) in [6.07, 6.45) is 2.15. The molecule has 2 nitrogen and oxygen atoms in total. The minimum absolute atomic E-state index is 0.141. The predicted molar refractivity (Wildman–Crippen MR) is 86.7 cm³/mol. The Hall–Kier alpha value is -2.09. The molecule has 0 saturated heterocycles. The van der Waals surface area contributed by atoms with Crippen LogP contribution >= 0.6 is 0 Å². The third-order valence-corrected chi connectivity index (χ3v) is 4.32. The Kier molecular flexibility index (Phi) is 3.78. The van der Waals surface area contributed by atoms with E-state index >= 15 is 0 Å². The highest BCUT2D eigenvalue weighted by Gasteiger charge is 2.30. The van der Waals surface area contributed by atoms with Gasteiger partial charge in [0.1, 0.15) is 0 Å². The molecule has 0 N–H and O–H groups in total. The lowest BCUT2D eigenvalue weighted by atomic mass is 9.93. The van der Waals surface area contributed by atoms with E-state index in [2.05, 4.69) is 55.5 Å². The van der Waals surface area contributed by atoms with Gasteiger partial charge in [0.2, 0.25) is 5.91 Å². The van der Waals surface area contributed by atoms with Crippen molar-refractivity contribution in [1.82, 2.24) is 0 Å². The smallest absolute Gasteiger partial charge is 0.223 e. The van der Waals surface area contributed by atoms with Crippen molar-refractivity contribution in [2.24, 2.45) is 0 Å². The zero-order valence-electron chi connectivity index (χ0n) is 12.7. The van der Waals surface area contributed by atoms with Crippen molar-refractivity contribution in [3.05, 3.63) is 65.2 Å². The highest BCUT2D eigenvalue weighted by Crippen LogP contribution is 2.39. The Morgan fingerprint density at radius 2 is 1.95 bits per heavy atom. The van der Waals surface area contributed by atoms with Crippen LogP contribution in [0, 0.1) is 6.92 Å². The third-order valence-electron chi connectivity index (χ3n) is 4.32. The lowest BCUT2D eigenvalue weighted by Crippen LogP contribution is -2.27. The summed E-state index contributed by atoms with van der Waals surface area (Å²) in [6, 6.07) is 17.0. The van der Waals surface area contributed by atoms with Crippen molar-refractivity contribution in [1.29, 1.82) is 0 Å². The molecule has 0 aromatic heterocycles. The fourth-order valence-corrected chi connectivity index (χ4v) is 3.19. The molecular weight excluding hydrogens is 258 g/mol. The molecule has 108 valence electrons. The lowest BCUT2D eigenvalue weighted by molar-refractivity contribution is -0.116. The Labute approximate surface area is 126 Å². The van der Waals surface area contributed by atoms with E-state index in [9.17, 15) is 4.79 Å². The van der Waals surface area contributed by atoms with Crippen LogP contribution < -0.4 is 4.90 Å². The Balaban J connectivity index is 1.81. The number of nitrogens with zero attached hydrogens (tertiary/aromatic N) is 1. The molecule has 1 aliphatic heterocycles. The molecule has 21 heavy (non-hydrogen) atoms. The number of hydrogen-bond donors (Lipinski definition) is 0. The van der Waals surface area contributed by atoms with Gasteiger partial charge in [0.25, 0.3) is 0 Å². The van der Waals surface area contributed by atoms with Crippen LogP contribution in [-0.2, 0) is 11.2 Å². The van der Waals surface area contributed by atoms with Crippen LogP contribution in [0.5, 0.6) is 0 Å². The van der Waals surface area contributed by atoms with Gasteiger partial charge in [-0.25, -0.2) is 0 Å². The van der Waals surface area contributed by atoms with E-state index in [1.165, 1.54) is 16.7 Å². The zero-order chi connectivity index (χ0) is 14.8. The van der Waals surface area contributed by atoms with Crippen molar-refractivity contribution >= 4 is 11.6 Å². The van der Waals surface area contributed by atoms with Crippen molar-refractivity contribution < 1.29 is 4.79 Å². The summed E-state index contributed by atoms with van der Waals surface area (Å²) in [5.74, 6) is 0.589. The van der Waals surface area contributed by atoms with E-state index in [1.807, 2.05) is 4.90 Å². The van der Waals surface area contributed by atoms with Crippen LogP contribution in [0.3, 0.4) is 0 Å². The van der Waals surface area contributed by atoms with Crippen molar-refractivity contribution in [3.63, 3.8) is 0 Å². The normalized spacial score (nSPS) is 16.9. The minimum atomic E-state index is 0.141. The second-order valence-corrected chi connectivity index (χ2v) is 5.91. The van der Waals surface area contributed by atoms with Gasteiger partial charge in [-0.15, -0.1) is 0 Å². The highest BCUT2D eigenvalue weighted by atomic mass is 16.2. The first-order chi connectivity index (χ1) is 10.1. The van der Waals surface area contributed by atoms with Gasteiger partial charge in [-0.3, -0.25) is 4.79 Å². The first kappa shape index (κ1) is 13.9. The Morgan fingerprint density at radius 3 is 2.67 bits per heavy atom. The summed E-state index contributed by atoms with van der Waals surface area (Å²) in [7, 11) is 0. The van der Waals surface area contributed by atoms with Crippen LogP contribution in [0.4, 0.5) is 5.69 Å². The number of anilines is 1. The molecule has 2 aromatic rings.